The van der Waals surface area contributed by atoms with Crippen LogP contribution in [0.3, 0.4) is 0 Å². The second-order valence-electron chi connectivity index (χ2n) is 6.28. The zero-order valence-corrected chi connectivity index (χ0v) is 12.4. The van der Waals surface area contributed by atoms with Gasteiger partial charge in [0.1, 0.15) is 0 Å². The number of nitrogens with zero attached hydrogens (tertiary/aromatic N) is 1. The van der Waals surface area contributed by atoms with E-state index in [0.717, 1.165) is 26.1 Å². The van der Waals surface area contributed by atoms with Crippen LogP contribution >= 0.6 is 0 Å². The van der Waals surface area contributed by atoms with Crippen molar-refractivity contribution in [3.8, 4) is 0 Å². The molecule has 0 aliphatic heterocycles. The molecule has 0 amide bonds. The molecule has 2 heteroatoms. The number of nitrogens with two attached hydrogens (primary N) is 1. The van der Waals surface area contributed by atoms with E-state index in [4.69, 9.17) is 5.73 Å². The Balaban J connectivity index is 2.71. The monoisotopic (exact) mass is 248 g/mol. The van der Waals surface area contributed by atoms with Crippen LogP contribution in [0.2, 0.25) is 0 Å². The van der Waals surface area contributed by atoms with Crippen LogP contribution in [0.15, 0.2) is 24.3 Å². The first-order valence-corrected chi connectivity index (χ1v) is 6.94. The largest absolute Gasteiger partial charge is 0.371 e. The first kappa shape index (κ1) is 15.0. The molecule has 0 aliphatic carbocycles. The lowest BCUT2D eigenvalue weighted by molar-refractivity contribution is 0.378. The molecule has 0 radical (unpaired) electrons. The van der Waals surface area contributed by atoms with Gasteiger partial charge in [0.2, 0.25) is 0 Å². The molecule has 2 nitrogen and oxygen atoms in total. The Bertz CT molecular complexity index is 352. The van der Waals surface area contributed by atoms with Gasteiger partial charge in [0, 0.05) is 18.8 Å². The van der Waals surface area contributed by atoms with Gasteiger partial charge in [0.25, 0.3) is 0 Å². The molecule has 18 heavy (non-hydrogen) atoms. The second kappa shape index (κ2) is 6.79. The maximum Gasteiger partial charge on any atom is 0.0368 e. The smallest absolute Gasteiger partial charge is 0.0368 e. The quantitative estimate of drug-likeness (QED) is 0.833. The molecule has 0 aromatic heterocycles. The average Bonchev–Trinajstić information content (AvgIpc) is 2.28. The molecule has 0 heterocycles. The number of rotatable bonds is 6. The molecule has 0 aliphatic rings. The van der Waals surface area contributed by atoms with E-state index in [1.165, 1.54) is 17.7 Å². The highest BCUT2D eigenvalue weighted by atomic mass is 15.1. The van der Waals surface area contributed by atoms with Crippen molar-refractivity contribution < 1.29 is 0 Å². The molecular formula is C16H28N2. The van der Waals surface area contributed by atoms with E-state index in [1.54, 1.807) is 0 Å². The molecule has 0 fully saturated rings. The van der Waals surface area contributed by atoms with Crippen LogP contribution in [0, 0.1) is 12.3 Å². The summed E-state index contributed by atoms with van der Waals surface area (Å²) >= 11 is 0. The van der Waals surface area contributed by atoms with Crippen LogP contribution in [-0.2, 0) is 0 Å². The zero-order valence-electron chi connectivity index (χ0n) is 12.4. The number of aryl methyl sites for hydroxylation is 1. The van der Waals surface area contributed by atoms with Gasteiger partial charge in [0.05, 0.1) is 0 Å². The first-order chi connectivity index (χ1) is 8.42. The highest BCUT2D eigenvalue weighted by Gasteiger charge is 2.13. The fraction of sp³-hybridized carbons (Fsp3) is 0.625. The van der Waals surface area contributed by atoms with Crippen LogP contribution in [-0.4, -0.2) is 19.6 Å². The minimum absolute atomic E-state index is 0.380. The van der Waals surface area contributed by atoms with Gasteiger partial charge >= 0.3 is 0 Å². The zero-order chi connectivity index (χ0) is 13.6. The van der Waals surface area contributed by atoms with Crippen molar-refractivity contribution in [1.82, 2.24) is 0 Å². The summed E-state index contributed by atoms with van der Waals surface area (Å²) in [7, 11) is 0. The SMILES string of the molecule is Cc1cccc(N(CCCN)CCC(C)(C)C)c1. The van der Waals surface area contributed by atoms with E-state index in [2.05, 4.69) is 56.9 Å². The lowest BCUT2D eigenvalue weighted by atomic mass is 9.92. The molecule has 1 rings (SSSR count). The van der Waals surface area contributed by atoms with Gasteiger partial charge < -0.3 is 10.6 Å². The van der Waals surface area contributed by atoms with E-state index in [0.29, 0.717) is 5.41 Å². The van der Waals surface area contributed by atoms with Gasteiger partial charge in [-0.15, -0.1) is 0 Å². The molecule has 0 saturated heterocycles. The summed E-state index contributed by atoms with van der Waals surface area (Å²) in [5.41, 5.74) is 8.67. The van der Waals surface area contributed by atoms with Crippen LogP contribution in [0.25, 0.3) is 0 Å². The van der Waals surface area contributed by atoms with Crippen molar-refractivity contribution >= 4 is 5.69 Å². The van der Waals surface area contributed by atoms with Crippen LogP contribution < -0.4 is 10.6 Å². The van der Waals surface area contributed by atoms with Gasteiger partial charge in [-0.3, -0.25) is 0 Å². The van der Waals surface area contributed by atoms with E-state index in [-0.39, 0.29) is 0 Å². The summed E-state index contributed by atoms with van der Waals surface area (Å²) in [5, 5.41) is 0. The normalized spacial score (nSPS) is 11.6. The lowest BCUT2D eigenvalue weighted by Gasteiger charge is -2.29. The van der Waals surface area contributed by atoms with Crippen molar-refractivity contribution in [2.45, 2.75) is 40.5 Å². The molecule has 0 saturated carbocycles. The summed E-state index contributed by atoms with van der Waals surface area (Å²) in [6.45, 7) is 12.0. The van der Waals surface area contributed by atoms with Gasteiger partial charge in [-0.25, -0.2) is 0 Å². The third-order valence-corrected chi connectivity index (χ3v) is 3.13. The minimum Gasteiger partial charge on any atom is -0.371 e. The number of benzene rings is 1. The Morgan fingerprint density at radius 3 is 2.44 bits per heavy atom. The van der Waals surface area contributed by atoms with Crippen LogP contribution in [0.4, 0.5) is 5.69 Å². The highest BCUT2D eigenvalue weighted by molar-refractivity contribution is 5.48. The molecule has 1 aromatic carbocycles. The van der Waals surface area contributed by atoms with Crippen molar-refractivity contribution in [2.75, 3.05) is 24.5 Å². The Morgan fingerprint density at radius 2 is 1.89 bits per heavy atom. The first-order valence-electron chi connectivity index (χ1n) is 6.94. The highest BCUT2D eigenvalue weighted by Crippen LogP contribution is 2.22. The van der Waals surface area contributed by atoms with E-state index in [1.807, 2.05) is 0 Å². The topological polar surface area (TPSA) is 29.3 Å². The van der Waals surface area contributed by atoms with Crippen LogP contribution in [0.5, 0.6) is 0 Å². The third kappa shape index (κ3) is 5.54. The van der Waals surface area contributed by atoms with E-state index in [9.17, 15) is 0 Å². The van der Waals surface area contributed by atoms with Gasteiger partial charge in [-0.05, 0) is 49.4 Å². The Hall–Kier alpha value is -1.02. The Kier molecular flexibility index (Phi) is 5.67. The second-order valence-corrected chi connectivity index (χ2v) is 6.28. The third-order valence-electron chi connectivity index (χ3n) is 3.13. The number of hydrogen-bond acceptors (Lipinski definition) is 2. The summed E-state index contributed by atoms with van der Waals surface area (Å²) in [6, 6.07) is 8.75. The summed E-state index contributed by atoms with van der Waals surface area (Å²) in [4.78, 5) is 2.46. The molecule has 2 N–H and O–H groups in total. The molecule has 0 spiro atoms. The lowest BCUT2D eigenvalue weighted by Crippen LogP contribution is -2.29. The number of hydrogen-bond donors (Lipinski definition) is 1. The van der Waals surface area contributed by atoms with E-state index >= 15 is 0 Å². The molecule has 0 bridgehead atoms. The molecule has 102 valence electrons. The molecule has 0 unspecified atom stereocenters. The fourth-order valence-corrected chi connectivity index (χ4v) is 1.95. The Morgan fingerprint density at radius 1 is 1.17 bits per heavy atom. The maximum absolute atomic E-state index is 5.64. The summed E-state index contributed by atoms with van der Waals surface area (Å²) in [6.07, 6.45) is 2.25. The van der Waals surface area contributed by atoms with Crippen molar-refractivity contribution in [3.63, 3.8) is 0 Å². The van der Waals surface area contributed by atoms with Crippen LogP contribution in [0.1, 0.15) is 39.2 Å². The summed E-state index contributed by atoms with van der Waals surface area (Å²) < 4.78 is 0. The summed E-state index contributed by atoms with van der Waals surface area (Å²) in [5.74, 6) is 0. The van der Waals surface area contributed by atoms with Crippen molar-refractivity contribution in [3.05, 3.63) is 29.8 Å². The number of anilines is 1. The molecule has 1 aromatic rings. The van der Waals surface area contributed by atoms with Crippen molar-refractivity contribution in [2.24, 2.45) is 11.1 Å². The van der Waals surface area contributed by atoms with Crippen molar-refractivity contribution in [1.29, 1.82) is 0 Å². The van der Waals surface area contributed by atoms with Gasteiger partial charge in [-0.2, -0.15) is 0 Å². The maximum atomic E-state index is 5.64. The van der Waals surface area contributed by atoms with E-state index < -0.39 is 0 Å². The predicted octanol–water partition coefficient (Wildman–Crippen LogP) is 3.59. The average molecular weight is 248 g/mol. The Labute approximate surface area is 112 Å². The van der Waals surface area contributed by atoms with Gasteiger partial charge in [0.15, 0.2) is 0 Å². The minimum atomic E-state index is 0.380. The molecular weight excluding hydrogens is 220 g/mol. The van der Waals surface area contributed by atoms with Gasteiger partial charge in [-0.1, -0.05) is 32.9 Å². The molecule has 0 atom stereocenters. The fourth-order valence-electron chi connectivity index (χ4n) is 1.95. The predicted molar refractivity (Wildman–Crippen MR) is 81.1 cm³/mol. The standard InChI is InChI=1S/C16H28N2/c1-14-7-5-8-15(13-14)18(11-6-10-17)12-9-16(2,3)4/h5,7-8,13H,6,9-12,17H2,1-4H3.